The molecular weight excluding hydrogens is 302 g/mol. The Morgan fingerprint density at radius 2 is 1.86 bits per heavy atom. The lowest BCUT2D eigenvalue weighted by Crippen LogP contribution is -2.24. The van der Waals surface area contributed by atoms with E-state index in [0.29, 0.717) is 5.02 Å². The summed E-state index contributed by atoms with van der Waals surface area (Å²) in [6.07, 6.45) is 0. The first-order valence-corrected chi connectivity index (χ1v) is 8.05. The Morgan fingerprint density at radius 3 is 2.52 bits per heavy atom. The van der Waals surface area contributed by atoms with Crippen LogP contribution in [0.2, 0.25) is 5.02 Å². The van der Waals surface area contributed by atoms with Crippen molar-refractivity contribution in [2.24, 2.45) is 0 Å². The first-order valence-electron chi connectivity index (χ1n) is 6.79. The smallest absolute Gasteiger partial charge is 0.220 e. The van der Waals surface area contributed by atoms with Gasteiger partial charge in [-0.15, -0.1) is 0 Å². The number of benzene rings is 2. The van der Waals surface area contributed by atoms with E-state index in [1.165, 1.54) is 17.3 Å². The zero-order chi connectivity index (χ0) is 15.0. The minimum Gasteiger partial charge on any atom is -0.301 e. The second-order valence-corrected chi connectivity index (χ2v) is 6.93. The lowest BCUT2D eigenvalue weighted by atomic mass is 9.95. The molecule has 4 heteroatoms. The van der Waals surface area contributed by atoms with Crippen molar-refractivity contribution in [2.75, 3.05) is 14.1 Å². The van der Waals surface area contributed by atoms with Crippen molar-refractivity contribution < 1.29 is 4.79 Å². The van der Waals surface area contributed by atoms with Crippen LogP contribution >= 0.6 is 23.4 Å². The van der Waals surface area contributed by atoms with Crippen LogP contribution in [0, 0.1) is 0 Å². The van der Waals surface area contributed by atoms with Gasteiger partial charge in [0.15, 0.2) is 0 Å². The normalized spacial score (nSPS) is 18.9. The molecule has 2 aromatic rings. The van der Waals surface area contributed by atoms with E-state index in [1.807, 2.05) is 30.3 Å². The van der Waals surface area contributed by atoms with Crippen molar-refractivity contribution in [3.63, 3.8) is 0 Å². The summed E-state index contributed by atoms with van der Waals surface area (Å²) >= 11 is 7.42. The molecule has 2 nitrogen and oxygen atoms in total. The number of likely N-dealkylation sites (N-methyl/N-ethyl adjacent to an activating group) is 1. The molecule has 1 aliphatic rings. The number of halogens is 1. The van der Waals surface area contributed by atoms with Crippen LogP contribution in [0.25, 0.3) is 0 Å². The summed E-state index contributed by atoms with van der Waals surface area (Å²) in [6.45, 7) is 0. The van der Waals surface area contributed by atoms with Crippen molar-refractivity contribution >= 4 is 28.5 Å². The fourth-order valence-corrected chi connectivity index (χ4v) is 4.39. The van der Waals surface area contributed by atoms with E-state index in [4.69, 9.17) is 11.6 Å². The fourth-order valence-electron chi connectivity index (χ4n) is 2.82. The molecule has 2 aromatic carbocycles. The van der Waals surface area contributed by atoms with E-state index >= 15 is 0 Å². The van der Waals surface area contributed by atoms with Gasteiger partial charge < -0.3 is 4.90 Å². The molecule has 0 saturated heterocycles. The Hall–Kier alpha value is -1.29. The van der Waals surface area contributed by atoms with E-state index in [2.05, 4.69) is 31.1 Å². The van der Waals surface area contributed by atoms with Crippen molar-refractivity contribution in [3.8, 4) is 0 Å². The molecule has 0 radical (unpaired) electrons. The molecule has 1 aliphatic heterocycles. The van der Waals surface area contributed by atoms with E-state index in [0.717, 1.165) is 11.1 Å². The summed E-state index contributed by atoms with van der Waals surface area (Å²) in [5, 5.41) is 0.826. The molecule has 0 fully saturated rings. The number of carbonyl (C=O) groups excluding carboxylic acids is 1. The second kappa shape index (κ2) is 5.84. The van der Waals surface area contributed by atoms with E-state index < -0.39 is 0 Å². The third kappa shape index (κ3) is 2.73. The summed E-state index contributed by atoms with van der Waals surface area (Å²) < 4.78 is 0. The van der Waals surface area contributed by atoms with E-state index in [1.54, 1.807) is 6.07 Å². The largest absolute Gasteiger partial charge is 0.301 e. The first-order chi connectivity index (χ1) is 10.1. The molecule has 0 N–H and O–H groups in total. The summed E-state index contributed by atoms with van der Waals surface area (Å²) in [5.41, 5.74) is 3.05. The highest BCUT2D eigenvalue weighted by Crippen LogP contribution is 2.50. The SMILES string of the molecule is CN(C)C(c1ccccc1)C1SC(=O)c2cc(Cl)ccc21. The maximum absolute atomic E-state index is 12.3. The van der Waals surface area contributed by atoms with Gasteiger partial charge in [-0.2, -0.15) is 0 Å². The lowest BCUT2D eigenvalue weighted by Gasteiger charge is -2.30. The van der Waals surface area contributed by atoms with Crippen molar-refractivity contribution in [1.29, 1.82) is 0 Å². The van der Waals surface area contributed by atoms with Crippen LogP contribution in [0.3, 0.4) is 0 Å². The van der Waals surface area contributed by atoms with Crippen LogP contribution in [0.15, 0.2) is 48.5 Å². The molecule has 21 heavy (non-hydrogen) atoms. The van der Waals surface area contributed by atoms with Gasteiger partial charge >= 0.3 is 0 Å². The van der Waals surface area contributed by atoms with Gasteiger partial charge in [-0.3, -0.25) is 4.79 Å². The number of carbonyl (C=O) groups is 1. The third-order valence-electron chi connectivity index (χ3n) is 3.76. The molecule has 0 spiro atoms. The van der Waals surface area contributed by atoms with Crippen molar-refractivity contribution in [2.45, 2.75) is 11.3 Å². The van der Waals surface area contributed by atoms with Gasteiger partial charge in [0.05, 0.1) is 11.3 Å². The summed E-state index contributed by atoms with van der Waals surface area (Å²) in [4.78, 5) is 14.4. The average molecular weight is 318 g/mol. The zero-order valence-electron chi connectivity index (χ0n) is 11.9. The second-order valence-electron chi connectivity index (χ2n) is 5.38. The van der Waals surface area contributed by atoms with E-state index in [-0.39, 0.29) is 16.4 Å². The minimum atomic E-state index is 0.0992. The van der Waals surface area contributed by atoms with Crippen LogP contribution in [0.4, 0.5) is 0 Å². The number of rotatable bonds is 3. The monoisotopic (exact) mass is 317 g/mol. The Kier molecular flexibility index (Phi) is 4.07. The predicted molar refractivity (Wildman–Crippen MR) is 89.0 cm³/mol. The Balaban J connectivity index is 2.06. The van der Waals surface area contributed by atoms with Crippen LogP contribution in [0.5, 0.6) is 0 Å². The fraction of sp³-hybridized carbons (Fsp3) is 0.235. The molecular formula is C17H16ClNOS. The Morgan fingerprint density at radius 1 is 1.14 bits per heavy atom. The van der Waals surface area contributed by atoms with Gasteiger partial charge in [-0.05, 0) is 37.4 Å². The standard InChI is InChI=1S/C17H16ClNOS/c1-19(2)15(11-6-4-3-5-7-11)16-13-9-8-12(18)10-14(13)17(20)21-16/h3-10,15-16H,1-2H3. The number of fused-ring (bicyclic) bond motifs is 1. The van der Waals surface area contributed by atoms with Crippen molar-refractivity contribution in [3.05, 3.63) is 70.2 Å². The molecule has 0 aliphatic carbocycles. The first kappa shape index (κ1) is 14.6. The third-order valence-corrected chi connectivity index (χ3v) is 5.19. The minimum absolute atomic E-state index is 0.0992. The highest BCUT2D eigenvalue weighted by Gasteiger charge is 2.37. The number of nitrogens with zero attached hydrogens (tertiary/aromatic N) is 1. The molecule has 108 valence electrons. The topological polar surface area (TPSA) is 20.3 Å². The quantitative estimate of drug-likeness (QED) is 0.827. The molecule has 2 unspecified atom stereocenters. The number of thioether (sulfide) groups is 1. The van der Waals surface area contributed by atoms with Crippen LogP contribution in [0.1, 0.15) is 32.8 Å². The maximum Gasteiger partial charge on any atom is 0.220 e. The Bertz CT molecular complexity index is 672. The van der Waals surface area contributed by atoms with Gasteiger partial charge in [0.25, 0.3) is 0 Å². The molecule has 1 heterocycles. The lowest BCUT2D eigenvalue weighted by molar-refractivity contribution is 0.109. The van der Waals surface area contributed by atoms with Gasteiger partial charge in [-0.1, -0.05) is 59.8 Å². The average Bonchev–Trinajstić information content (AvgIpc) is 2.77. The summed E-state index contributed by atoms with van der Waals surface area (Å²) in [5.74, 6) is 0. The number of hydrogen-bond acceptors (Lipinski definition) is 3. The van der Waals surface area contributed by atoms with Gasteiger partial charge in [0, 0.05) is 10.6 Å². The molecule has 0 aromatic heterocycles. The number of hydrogen-bond donors (Lipinski definition) is 0. The van der Waals surface area contributed by atoms with Crippen molar-refractivity contribution in [1.82, 2.24) is 4.90 Å². The molecule has 0 bridgehead atoms. The molecule has 0 saturated carbocycles. The highest BCUT2D eigenvalue weighted by atomic mass is 35.5. The molecule has 3 rings (SSSR count). The highest BCUT2D eigenvalue weighted by molar-refractivity contribution is 8.14. The van der Waals surface area contributed by atoms with Crippen LogP contribution in [-0.4, -0.2) is 24.1 Å². The summed E-state index contributed by atoms with van der Waals surface area (Å²) in [6, 6.07) is 16.1. The predicted octanol–water partition coefficient (Wildman–Crippen LogP) is 4.57. The van der Waals surface area contributed by atoms with Crippen LogP contribution < -0.4 is 0 Å². The Labute approximate surface area is 134 Å². The van der Waals surface area contributed by atoms with Gasteiger partial charge in [-0.25, -0.2) is 0 Å². The zero-order valence-corrected chi connectivity index (χ0v) is 13.5. The maximum atomic E-state index is 12.3. The van der Waals surface area contributed by atoms with Gasteiger partial charge in [0.1, 0.15) is 0 Å². The van der Waals surface area contributed by atoms with E-state index in [9.17, 15) is 4.79 Å². The molecule has 2 atom stereocenters. The van der Waals surface area contributed by atoms with Crippen LogP contribution in [-0.2, 0) is 0 Å². The summed E-state index contributed by atoms with van der Waals surface area (Å²) in [7, 11) is 4.10. The van der Waals surface area contributed by atoms with Gasteiger partial charge in [0.2, 0.25) is 5.12 Å². The molecule has 0 amide bonds.